The molecule has 0 aromatic heterocycles. The lowest BCUT2D eigenvalue weighted by molar-refractivity contribution is 0.583. The highest BCUT2D eigenvalue weighted by Gasteiger charge is 2.09. The minimum Gasteiger partial charge on any atom is -0.207 e. The number of hydrogen-bond acceptors (Lipinski definition) is 1. The van der Waals surface area contributed by atoms with Gasteiger partial charge >= 0.3 is 0 Å². The van der Waals surface area contributed by atoms with Crippen molar-refractivity contribution in [2.24, 2.45) is 0 Å². The maximum Gasteiger partial charge on any atom is 0.126 e. The Morgan fingerprint density at radius 3 is 2.77 bits per heavy atom. The molecule has 0 saturated carbocycles. The van der Waals surface area contributed by atoms with Crippen LogP contribution < -0.4 is 0 Å². The van der Waals surface area contributed by atoms with Crippen LogP contribution in [0.2, 0.25) is 0 Å². The van der Waals surface area contributed by atoms with E-state index in [2.05, 4.69) is 0 Å². The lowest BCUT2D eigenvalue weighted by Crippen LogP contribution is -1.96. The van der Waals surface area contributed by atoms with Crippen LogP contribution in [-0.4, -0.2) is 0 Å². The Balaban J connectivity index is 3.12. The van der Waals surface area contributed by atoms with Crippen molar-refractivity contribution in [1.82, 2.24) is 0 Å². The molecule has 0 aliphatic heterocycles. The molecule has 0 heterocycles. The third-order valence-electron chi connectivity index (χ3n) is 2.27. The Bertz CT molecular complexity index is 338. The van der Waals surface area contributed by atoms with Crippen LogP contribution in [0.1, 0.15) is 37.3 Å². The molecule has 0 saturated heterocycles. The number of nitrogens with zero attached hydrogens (tertiary/aromatic N) is 1. The molecule has 13 heavy (non-hydrogen) atoms. The smallest absolute Gasteiger partial charge is 0.126 e. The van der Waals surface area contributed by atoms with E-state index < -0.39 is 0 Å². The number of benzene rings is 1. The summed E-state index contributed by atoms with van der Waals surface area (Å²) in [5.74, 6) is -0.0401. The van der Waals surface area contributed by atoms with E-state index in [0.717, 1.165) is 6.42 Å². The zero-order valence-electron chi connectivity index (χ0n) is 7.84. The highest BCUT2D eigenvalue weighted by atomic mass is 19.1. The Hall–Kier alpha value is -1.36. The third-order valence-corrected chi connectivity index (χ3v) is 2.27. The van der Waals surface area contributed by atoms with E-state index in [1.165, 1.54) is 12.1 Å². The van der Waals surface area contributed by atoms with Gasteiger partial charge in [0.25, 0.3) is 0 Å². The van der Waals surface area contributed by atoms with Gasteiger partial charge in [0, 0.05) is 0 Å². The second kappa shape index (κ2) is 4.04. The Morgan fingerprint density at radius 1 is 1.54 bits per heavy atom. The molecule has 1 rings (SSSR count). The van der Waals surface area contributed by atoms with Gasteiger partial charge in [0.05, 0.1) is 11.6 Å². The van der Waals surface area contributed by atoms with Gasteiger partial charge in [0.2, 0.25) is 0 Å². The third kappa shape index (κ3) is 2.06. The van der Waals surface area contributed by atoms with Crippen LogP contribution >= 0.6 is 0 Å². The van der Waals surface area contributed by atoms with Crippen LogP contribution in [0, 0.1) is 17.1 Å². The van der Waals surface area contributed by atoms with E-state index in [4.69, 9.17) is 5.26 Å². The molecule has 0 N–H and O–H groups in total. The Morgan fingerprint density at radius 2 is 2.23 bits per heavy atom. The average Bonchev–Trinajstić information content (AvgIpc) is 2.17. The molecular weight excluding hydrogens is 165 g/mol. The first-order valence-electron chi connectivity index (χ1n) is 4.38. The van der Waals surface area contributed by atoms with Crippen molar-refractivity contribution in [3.63, 3.8) is 0 Å². The van der Waals surface area contributed by atoms with Gasteiger partial charge in [-0.05, 0) is 36.1 Å². The number of rotatable bonds is 2. The summed E-state index contributed by atoms with van der Waals surface area (Å²) in [6.45, 7) is 3.96. The van der Waals surface area contributed by atoms with Crippen LogP contribution in [0.5, 0.6) is 0 Å². The summed E-state index contributed by atoms with van der Waals surface area (Å²) in [5, 5.41) is 8.63. The lowest BCUT2D eigenvalue weighted by atomic mass is 9.96. The second-order valence-electron chi connectivity index (χ2n) is 3.16. The minimum atomic E-state index is -0.214. The zero-order valence-corrected chi connectivity index (χ0v) is 7.84. The Kier molecular flexibility index (Phi) is 3.02. The molecule has 0 fully saturated rings. The highest BCUT2D eigenvalue weighted by Crippen LogP contribution is 2.22. The standard InChI is InChI=1S/C11H12FN/c1-3-8(2)10-6-9(7-13)4-5-11(10)12/h4-6,8H,3H2,1-2H3. The van der Waals surface area contributed by atoms with Gasteiger partial charge in [-0.1, -0.05) is 13.8 Å². The summed E-state index contributed by atoms with van der Waals surface area (Å²) in [6.07, 6.45) is 0.881. The normalized spacial score (nSPS) is 12.2. The summed E-state index contributed by atoms with van der Waals surface area (Å²) >= 11 is 0. The SMILES string of the molecule is CCC(C)c1cc(C#N)ccc1F. The van der Waals surface area contributed by atoms with E-state index in [1.54, 1.807) is 6.07 Å². The van der Waals surface area contributed by atoms with Crippen molar-refractivity contribution < 1.29 is 4.39 Å². The molecule has 0 spiro atoms. The number of hydrogen-bond donors (Lipinski definition) is 0. The first kappa shape index (κ1) is 9.73. The quantitative estimate of drug-likeness (QED) is 0.680. The van der Waals surface area contributed by atoms with Gasteiger partial charge in [-0.25, -0.2) is 4.39 Å². The number of nitriles is 1. The largest absolute Gasteiger partial charge is 0.207 e. The van der Waals surface area contributed by atoms with E-state index in [-0.39, 0.29) is 11.7 Å². The predicted octanol–water partition coefficient (Wildman–Crippen LogP) is 3.21. The summed E-state index contributed by atoms with van der Waals surface area (Å²) in [4.78, 5) is 0. The van der Waals surface area contributed by atoms with E-state index in [1.807, 2.05) is 19.9 Å². The van der Waals surface area contributed by atoms with Gasteiger partial charge in [-0.15, -0.1) is 0 Å². The van der Waals surface area contributed by atoms with Crippen LogP contribution in [-0.2, 0) is 0 Å². The fourth-order valence-electron chi connectivity index (χ4n) is 1.21. The van der Waals surface area contributed by atoms with Crippen LogP contribution in [0.25, 0.3) is 0 Å². The average molecular weight is 177 g/mol. The fourth-order valence-corrected chi connectivity index (χ4v) is 1.21. The molecular formula is C11H12FN. The molecule has 68 valence electrons. The maximum absolute atomic E-state index is 13.2. The Labute approximate surface area is 77.8 Å². The zero-order chi connectivity index (χ0) is 9.84. The van der Waals surface area contributed by atoms with Crippen LogP contribution in [0.4, 0.5) is 4.39 Å². The summed E-state index contributed by atoms with van der Waals surface area (Å²) in [6, 6.07) is 6.50. The maximum atomic E-state index is 13.2. The van der Waals surface area contributed by atoms with E-state index in [9.17, 15) is 4.39 Å². The molecule has 1 nitrogen and oxygen atoms in total. The minimum absolute atomic E-state index is 0.174. The van der Waals surface area contributed by atoms with Crippen molar-refractivity contribution in [2.45, 2.75) is 26.2 Å². The van der Waals surface area contributed by atoms with E-state index >= 15 is 0 Å². The van der Waals surface area contributed by atoms with Crippen LogP contribution in [0.3, 0.4) is 0 Å². The van der Waals surface area contributed by atoms with Crippen molar-refractivity contribution in [3.8, 4) is 6.07 Å². The molecule has 1 aromatic rings. The van der Waals surface area contributed by atoms with Gasteiger partial charge in [-0.3, -0.25) is 0 Å². The molecule has 2 heteroatoms. The molecule has 0 amide bonds. The summed E-state index contributed by atoms with van der Waals surface area (Å²) < 4.78 is 13.2. The highest BCUT2D eigenvalue weighted by molar-refractivity contribution is 5.35. The molecule has 0 radical (unpaired) electrons. The lowest BCUT2D eigenvalue weighted by Gasteiger charge is -2.09. The molecule has 1 atom stereocenters. The summed E-state index contributed by atoms with van der Waals surface area (Å²) in [5.41, 5.74) is 1.17. The van der Waals surface area contributed by atoms with Crippen molar-refractivity contribution in [1.29, 1.82) is 5.26 Å². The van der Waals surface area contributed by atoms with Crippen LogP contribution in [0.15, 0.2) is 18.2 Å². The van der Waals surface area contributed by atoms with Gasteiger partial charge in [-0.2, -0.15) is 5.26 Å². The first-order chi connectivity index (χ1) is 6.19. The molecule has 0 aliphatic rings. The van der Waals surface area contributed by atoms with Crippen molar-refractivity contribution in [2.75, 3.05) is 0 Å². The van der Waals surface area contributed by atoms with Crippen molar-refractivity contribution >= 4 is 0 Å². The van der Waals surface area contributed by atoms with Gasteiger partial charge in [0.1, 0.15) is 5.82 Å². The second-order valence-corrected chi connectivity index (χ2v) is 3.16. The fraction of sp³-hybridized carbons (Fsp3) is 0.364. The molecule has 0 aliphatic carbocycles. The van der Waals surface area contributed by atoms with Gasteiger partial charge in [0.15, 0.2) is 0 Å². The van der Waals surface area contributed by atoms with E-state index in [0.29, 0.717) is 11.1 Å². The number of halogens is 1. The molecule has 1 aromatic carbocycles. The summed E-state index contributed by atoms with van der Waals surface area (Å²) in [7, 11) is 0. The predicted molar refractivity (Wildman–Crippen MR) is 49.8 cm³/mol. The molecule has 1 unspecified atom stereocenters. The topological polar surface area (TPSA) is 23.8 Å². The van der Waals surface area contributed by atoms with Gasteiger partial charge < -0.3 is 0 Å². The molecule has 0 bridgehead atoms. The monoisotopic (exact) mass is 177 g/mol. The first-order valence-corrected chi connectivity index (χ1v) is 4.38. The van der Waals surface area contributed by atoms with Crippen molar-refractivity contribution in [3.05, 3.63) is 35.1 Å².